The summed E-state index contributed by atoms with van der Waals surface area (Å²) in [4.78, 5) is 12.3. The molecule has 2 nitrogen and oxygen atoms in total. The van der Waals surface area contributed by atoms with E-state index in [9.17, 15) is 4.79 Å². The second kappa shape index (κ2) is 4.81. The highest BCUT2D eigenvalue weighted by molar-refractivity contribution is 6.24. The number of allylic oxidation sites excluding steroid dienone is 1. The van der Waals surface area contributed by atoms with Crippen molar-refractivity contribution in [3.05, 3.63) is 65.7 Å². The van der Waals surface area contributed by atoms with Crippen LogP contribution in [0.25, 0.3) is 38.4 Å². The number of benzene rings is 4. The van der Waals surface area contributed by atoms with Gasteiger partial charge in [-0.2, -0.15) is 0 Å². The summed E-state index contributed by atoms with van der Waals surface area (Å²) in [6, 6.07) is 17.3. The monoisotopic (exact) mass is 312 g/mol. The van der Waals surface area contributed by atoms with Crippen molar-refractivity contribution >= 4 is 44.4 Å². The summed E-state index contributed by atoms with van der Waals surface area (Å²) >= 11 is 0. The zero-order chi connectivity index (χ0) is 16.3. The quantitative estimate of drug-likeness (QED) is 0.354. The van der Waals surface area contributed by atoms with E-state index in [0.29, 0.717) is 6.42 Å². The molecular weight excluding hydrogens is 296 g/mol. The van der Waals surface area contributed by atoms with Gasteiger partial charge in [-0.15, -0.1) is 0 Å². The first kappa shape index (κ1) is 13.6. The SMILES string of the molecule is COC(=O)C1CC=Cc2cc3ccc4cccc5ccc(c21)c3c45. The molecule has 0 aliphatic heterocycles. The van der Waals surface area contributed by atoms with Crippen molar-refractivity contribution in [2.75, 3.05) is 7.11 Å². The van der Waals surface area contributed by atoms with Gasteiger partial charge in [-0.1, -0.05) is 54.6 Å². The van der Waals surface area contributed by atoms with Crippen molar-refractivity contribution < 1.29 is 9.53 Å². The standard InChI is InChI=1S/C22H16O2/c1-24-22(23)18-7-3-6-15-12-16-9-8-13-4-2-5-14-10-11-17(20(15)18)21(16)19(13)14/h2-6,8-12,18H,7H2,1H3. The molecule has 1 aliphatic carbocycles. The molecule has 1 unspecified atom stereocenters. The zero-order valence-corrected chi connectivity index (χ0v) is 13.4. The number of carbonyl (C=O) groups excluding carboxylic acids is 1. The van der Waals surface area contributed by atoms with Gasteiger partial charge in [0.25, 0.3) is 0 Å². The van der Waals surface area contributed by atoms with E-state index in [1.807, 2.05) is 0 Å². The summed E-state index contributed by atoms with van der Waals surface area (Å²) in [6.07, 6.45) is 4.90. The van der Waals surface area contributed by atoms with Crippen molar-refractivity contribution in [1.29, 1.82) is 0 Å². The first-order chi connectivity index (χ1) is 11.8. The molecule has 4 aromatic carbocycles. The van der Waals surface area contributed by atoms with Gasteiger partial charge in [-0.05, 0) is 55.9 Å². The van der Waals surface area contributed by atoms with Crippen LogP contribution in [-0.2, 0) is 9.53 Å². The highest BCUT2D eigenvalue weighted by atomic mass is 16.5. The summed E-state index contributed by atoms with van der Waals surface area (Å²) in [5, 5.41) is 7.43. The molecule has 0 radical (unpaired) electrons. The van der Waals surface area contributed by atoms with Crippen LogP contribution >= 0.6 is 0 Å². The minimum Gasteiger partial charge on any atom is -0.469 e. The first-order valence-corrected chi connectivity index (χ1v) is 8.23. The van der Waals surface area contributed by atoms with Gasteiger partial charge in [0.1, 0.15) is 0 Å². The molecule has 116 valence electrons. The smallest absolute Gasteiger partial charge is 0.313 e. The van der Waals surface area contributed by atoms with Gasteiger partial charge in [0.15, 0.2) is 0 Å². The Morgan fingerprint density at radius 3 is 2.54 bits per heavy atom. The summed E-state index contributed by atoms with van der Waals surface area (Å²) < 4.78 is 5.06. The van der Waals surface area contributed by atoms with E-state index >= 15 is 0 Å². The lowest BCUT2D eigenvalue weighted by atomic mass is 9.81. The fourth-order valence-corrected chi connectivity index (χ4v) is 4.19. The normalized spacial score (nSPS) is 16.8. The number of rotatable bonds is 1. The van der Waals surface area contributed by atoms with Crippen LogP contribution in [0.4, 0.5) is 0 Å². The number of hydrogen-bond donors (Lipinski definition) is 0. The van der Waals surface area contributed by atoms with E-state index in [2.05, 4.69) is 60.7 Å². The van der Waals surface area contributed by atoms with Crippen LogP contribution in [0.3, 0.4) is 0 Å². The molecule has 24 heavy (non-hydrogen) atoms. The molecule has 0 aromatic heterocycles. The van der Waals surface area contributed by atoms with Gasteiger partial charge >= 0.3 is 5.97 Å². The molecule has 5 rings (SSSR count). The van der Waals surface area contributed by atoms with E-state index in [-0.39, 0.29) is 11.9 Å². The molecule has 0 heterocycles. The number of esters is 1. The van der Waals surface area contributed by atoms with Crippen LogP contribution in [0.1, 0.15) is 23.5 Å². The van der Waals surface area contributed by atoms with Crippen LogP contribution in [0.15, 0.2) is 54.6 Å². The Balaban J connectivity index is 1.99. The maximum absolute atomic E-state index is 12.3. The summed E-state index contributed by atoms with van der Waals surface area (Å²) in [5.74, 6) is -0.379. The fraction of sp³-hybridized carbons (Fsp3) is 0.136. The molecule has 1 atom stereocenters. The number of methoxy groups -OCH3 is 1. The van der Waals surface area contributed by atoms with Gasteiger partial charge in [-0.3, -0.25) is 4.79 Å². The fourth-order valence-electron chi connectivity index (χ4n) is 4.19. The largest absolute Gasteiger partial charge is 0.469 e. The van der Waals surface area contributed by atoms with E-state index in [1.165, 1.54) is 39.4 Å². The van der Waals surface area contributed by atoms with Crippen molar-refractivity contribution in [3.63, 3.8) is 0 Å². The highest BCUT2D eigenvalue weighted by Crippen LogP contribution is 2.42. The van der Waals surface area contributed by atoms with Gasteiger partial charge in [0, 0.05) is 0 Å². The molecule has 0 saturated heterocycles. The van der Waals surface area contributed by atoms with Crippen LogP contribution in [0.2, 0.25) is 0 Å². The third-order valence-electron chi connectivity index (χ3n) is 5.22. The molecule has 0 saturated carbocycles. The number of ether oxygens (including phenoxy) is 1. The number of hydrogen-bond acceptors (Lipinski definition) is 2. The highest BCUT2D eigenvalue weighted by Gasteiger charge is 2.28. The van der Waals surface area contributed by atoms with E-state index < -0.39 is 0 Å². The van der Waals surface area contributed by atoms with E-state index in [1.54, 1.807) is 0 Å². The molecule has 0 fully saturated rings. The van der Waals surface area contributed by atoms with Crippen LogP contribution < -0.4 is 0 Å². The molecule has 1 aliphatic rings. The Kier molecular flexibility index (Phi) is 2.72. The van der Waals surface area contributed by atoms with Crippen molar-refractivity contribution in [3.8, 4) is 0 Å². The molecule has 2 heteroatoms. The lowest BCUT2D eigenvalue weighted by Crippen LogP contribution is -2.17. The van der Waals surface area contributed by atoms with Crippen molar-refractivity contribution in [2.24, 2.45) is 0 Å². The lowest BCUT2D eigenvalue weighted by Gasteiger charge is -2.23. The predicted molar refractivity (Wildman–Crippen MR) is 98.6 cm³/mol. The molecule has 0 amide bonds. The zero-order valence-electron chi connectivity index (χ0n) is 13.4. The minimum atomic E-state index is -0.223. The Bertz CT molecular complexity index is 1120. The molecule has 0 bridgehead atoms. The second-order valence-corrected chi connectivity index (χ2v) is 6.45. The number of fused-ring (bicyclic) bond motifs is 2. The molecule has 0 N–H and O–H groups in total. The summed E-state index contributed by atoms with van der Waals surface area (Å²) in [5.41, 5.74) is 2.23. The third kappa shape index (κ3) is 1.68. The van der Waals surface area contributed by atoms with Crippen molar-refractivity contribution in [1.82, 2.24) is 0 Å². The Morgan fingerprint density at radius 2 is 1.75 bits per heavy atom. The Morgan fingerprint density at radius 1 is 1.00 bits per heavy atom. The van der Waals surface area contributed by atoms with Crippen molar-refractivity contribution in [2.45, 2.75) is 12.3 Å². The summed E-state index contributed by atoms with van der Waals surface area (Å²) in [6.45, 7) is 0. The van der Waals surface area contributed by atoms with Gasteiger partial charge in [0.2, 0.25) is 0 Å². The molecule has 4 aromatic rings. The molecule has 0 spiro atoms. The van der Waals surface area contributed by atoms with Crippen LogP contribution in [-0.4, -0.2) is 13.1 Å². The van der Waals surface area contributed by atoms with Gasteiger partial charge in [-0.25, -0.2) is 0 Å². The molecular formula is C22H16O2. The average molecular weight is 312 g/mol. The number of carbonyl (C=O) groups is 1. The topological polar surface area (TPSA) is 26.3 Å². The average Bonchev–Trinajstić information content (AvgIpc) is 2.64. The van der Waals surface area contributed by atoms with Gasteiger partial charge in [0.05, 0.1) is 13.0 Å². The second-order valence-electron chi connectivity index (χ2n) is 6.45. The minimum absolute atomic E-state index is 0.157. The third-order valence-corrected chi connectivity index (χ3v) is 5.22. The maximum atomic E-state index is 12.3. The van der Waals surface area contributed by atoms with E-state index in [0.717, 1.165) is 11.1 Å². The Labute approximate surface area is 139 Å². The van der Waals surface area contributed by atoms with Crippen LogP contribution in [0.5, 0.6) is 0 Å². The lowest BCUT2D eigenvalue weighted by molar-refractivity contribution is -0.142. The maximum Gasteiger partial charge on any atom is 0.313 e. The first-order valence-electron chi connectivity index (χ1n) is 8.23. The predicted octanol–water partition coefficient (Wildman–Crippen LogP) is 5.26. The summed E-state index contributed by atoms with van der Waals surface area (Å²) in [7, 11) is 1.47. The van der Waals surface area contributed by atoms with Gasteiger partial charge < -0.3 is 4.74 Å². The Hall–Kier alpha value is -2.87. The van der Waals surface area contributed by atoms with Crippen LogP contribution in [0, 0.1) is 0 Å². The van der Waals surface area contributed by atoms with E-state index in [4.69, 9.17) is 4.74 Å².